The van der Waals surface area contributed by atoms with E-state index < -0.39 is 11.9 Å². The van der Waals surface area contributed by atoms with Crippen LogP contribution in [-0.4, -0.2) is 40.8 Å². The van der Waals surface area contributed by atoms with Gasteiger partial charge in [0.05, 0.1) is 23.6 Å². The van der Waals surface area contributed by atoms with Crippen molar-refractivity contribution in [2.24, 2.45) is 5.73 Å². The molecule has 0 unspecified atom stereocenters. The van der Waals surface area contributed by atoms with Gasteiger partial charge in [-0.25, -0.2) is 14.2 Å². The number of imidazole rings is 1. The number of tetrazole rings is 1. The molecule has 0 aliphatic carbocycles. The van der Waals surface area contributed by atoms with Gasteiger partial charge in [0, 0.05) is 17.3 Å². The van der Waals surface area contributed by atoms with Crippen LogP contribution in [0.2, 0.25) is 0 Å². The Morgan fingerprint density at radius 2 is 1.95 bits per heavy atom. The fourth-order valence-corrected chi connectivity index (χ4v) is 4.69. The molecule has 1 amide bonds. The summed E-state index contributed by atoms with van der Waals surface area (Å²) in [5.74, 6) is 0.563. The zero-order chi connectivity index (χ0) is 25.5. The Kier molecular flexibility index (Phi) is 5.33. The van der Waals surface area contributed by atoms with E-state index in [4.69, 9.17) is 10.5 Å². The van der Waals surface area contributed by atoms with Gasteiger partial charge >= 0.3 is 6.09 Å². The number of hydrogen-bond acceptors (Lipinski definition) is 7. The molecule has 0 fully saturated rings. The van der Waals surface area contributed by atoms with Crippen LogP contribution < -0.4 is 16.0 Å². The Morgan fingerprint density at radius 3 is 2.70 bits per heavy atom. The number of benzene rings is 2. The number of hydrogen-bond donors (Lipinski definition) is 2. The standard InChI is InChI=1S/C25H19FN8O3/c26-16-3-7-21(33-13-29-31-32-33)19(11-16)15-9-17-4-8-22(34(17)23(35)10-15)24-28-12-20(30-24)14-1-5-18(6-2-14)37-25(27)36/h1-3,5-7,9-13,22H,4,8H2,(H2,27,36)(H,28,30)/t22-/m0/s1. The fourth-order valence-electron chi connectivity index (χ4n) is 4.69. The van der Waals surface area contributed by atoms with Gasteiger partial charge in [-0.1, -0.05) is 0 Å². The van der Waals surface area contributed by atoms with E-state index in [0.29, 0.717) is 41.2 Å². The molecule has 3 aromatic heterocycles. The summed E-state index contributed by atoms with van der Waals surface area (Å²) < 4.78 is 22.2. The minimum absolute atomic E-state index is 0.215. The monoisotopic (exact) mass is 498 g/mol. The van der Waals surface area contributed by atoms with Gasteiger partial charge in [0.1, 0.15) is 23.7 Å². The van der Waals surface area contributed by atoms with Crippen LogP contribution in [0.1, 0.15) is 24.0 Å². The van der Waals surface area contributed by atoms with Crippen LogP contribution in [-0.2, 0) is 6.42 Å². The lowest BCUT2D eigenvalue weighted by atomic mass is 10.0. The summed E-state index contributed by atoms with van der Waals surface area (Å²) in [7, 11) is 0. The summed E-state index contributed by atoms with van der Waals surface area (Å²) in [6.07, 6.45) is 3.56. The topological polar surface area (TPSA) is 147 Å². The SMILES string of the molecule is NC(=O)Oc1ccc(-c2cnc([C@@H]3CCc4cc(-c5cc(F)ccc5-n5cnnn5)cc(=O)n43)[nH]2)cc1. The molecule has 2 aromatic carbocycles. The molecule has 0 saturated carbocycles. The third kappa shape index (κ3) is 4.14. The molecule has 3 N–H and O–H groups in total. The number of fused-ring (bicyclic) bond motifs is 1. The zero-order valence-electron chi connectivity index (χ0n) is 19.2. The minimum Gasteiger partial charge on any atom is -0.411 e. The summed E-state index contributed by atoms with van der Waals surface area (Å²) in [6, 6.07) is 14.2. The molecule has 4 heterocycles. The van der Waals surface area contributed by atoms with Crippen LogP contribution >= 0.6 is 0 Å². The van der Waals surface area contributed by atoms with E-state index >= 15 is 0 Å². The van der Waals surface area contributed by atoms with E-state index in [1.54, 1.807) is 41.1 Å². The first-order valence-corrected chi connectivity index (χ1v) is 11.4. The number of nitrogens with two attached hydrogens (primary N) is 1. The number of rotatable bonds is 5. The van der Waals surface area contributed by atoms with E-state index in [9.17, 15) is 14.0 Å². The van der Waals surface area contributed by atoms with Crippen molar-refractivity contribution in [3.8, 4) is 33.8 Å². The van der Waals surface area contributed by atoms with Gasteiger partial charge < -0.3 is 20.0 Å². The highest BCUT2D eigenvalue weighted by Gasteiger charge is 2.28. The predicted molar refractivity (Wildman–Crippen MR) is 130 cm³/mol. The third-order valence-corrected chi connectivity index (χ3v) is 6.29. The van der Waals surface area contributed by atoms with Crippen LogP contribution in [0, 0.1) is 5.82 Å². The predicted octanol–water partition coefficient (Wildman–Crippen LogP) is 3.01. The summed E-state index contributed by atoms with van der Waals surface area (Å²) in [5, 5.41) is 11.2. The van der Waals surface area contributed by atoms with Crippen molar-refractivity contribution in [2.45, 2.75) is 18.9 Å². The molecule has 0 spiro atoms. The number of aromatic nitrogens is 7. The maximum Gasteiger partial charge on any atom is 0.409 e. The van der Waals surface area contributed by atoms with E-state index in [1.807, 2.05) is 6.07 Å². The molecule has 0 radical (unpaired) electrons. The molecule has 1 aliphatic heterocycles. The average molecular weight is 498 g/mol. The first kappa shape index (κ1) is 22.3. The molecule has 37 heavy (non-hydrogen) atoms. The number of aromatic amines is 1. The van der Waals surface area contributed by atoms with Crippen molar-refractivity contribution in [3.05, 3.63) is 94.8 Å². The Hall–Kier alpha value is -5.13. The Balaban J connectivity index is 1.32. The Labute approximate surface area is 208 Å². The number of aryl methyl sites for hydroxylation is 1. The lowest BCUT2D eigenvalue weighted by Crippen LogP contribution is -2.23. The molecular formula is C25H19FN8O3. The smallest absolute Gasteiger partial charge is 0.409 e. The van der Waals surface area contributed by atoms with E-state index in [-0.39, 0.29) is 11.6 Å². The number of primary amides is 1. The zero-order valence-corrected chi connectivity index (χ0v) is 19.2. The van der Waals surface area contributed by atoms with Crippen molar-refractivity contribution in [3.63, 3.8) is 0 Å². The number of pyridine rings is 1. The van der Waals surface area contributed by atoms with Gasteiger partial charge in [-0.2, -0.15) is 4.68 Å². The van der Waals surface area contributed by atoms with Crippen LogP contribution in [0.5, 0.6) is 5.75 Å². The molecule has 6 rings (SSSR count). The normalized spacial score (nSPS) is 14.5. The number of carbonyl (C=O) groups is 1. The second kappa shape index (κ2) is 8.82. The quantitative estimate of drug-likeness (QED) is 0.379. The molecule has 12 heteroatoms. The Morgan fingerprint density at radius 1 is 1.11 bits per heavy atom. The number of amides is 1. The van der Waals surface area contributed by atoms with Gasteiger partial charge in [0.25, 0.3) is 5.56 Å². The van der Waals surface area contributed by atoms with E-state index in [0.717, 1.165) is 17.0 Å². The van der Waals surface area contributed by atoms with Gasteiger partial charge in [-0.15, -0.1) is 5.10 Å². The highest BCUT2D eigenvalue weighted by Crippen LogP contribution is 2.34. The first-order chi connectivity index (χ1) is 18.0. The fraction of sp³-hybridized carbons (Fsp3) is 0.120. The Bertz CT molecular complexity index is 1680. The maximum absolute atomic E-state index is 14.2. The van der Waals surface area contributed by atoms with E-state index in [2.05, 4.69) is 25.5 Å². The molecule has 5 aromatic rings. The van der Waals surface area contributed by atoms with Crippen molar-refractivity contribution in [2.75, 3.05) is 0 Å². The number of nitrogens with zero attached hydrogens (tertiary/aromatic N) is 6. The lowest BCUT2D eigenvalue weighted by molar-refractivity contribution is 0.211. The number of halogens is 1. The molecule has 0 saturated heterocycles. The van der Waals surface area contributed by atoms with Crippen LogP contribution in [0.4, 0.5) is 9.18 Å². The number of carbonyl (C=O) groups excluding carboxylic acids is 1. The average Bonchev–Trinajstić information content (AvgIpc) is 3.65. The molecule has 11 nitrogen and oxygen atoms in total. The molecule has 184 valence electrons. The van der Waals surface area contributed by atoms with Gasteiger partial charge in [-0.05, 0) is 82.9 Å². The number of nitrogens with one attached hydrogen (secondary N) is 1. The molecular weight excluding hydrogens is 479 g/mol. The molecule has 0 bridgehead atoms. The lowest BCUT2D eigenvalue weighted by Gasteiger charge is -2.14. The summed E-state index contributed by atoms with van der Waals surface area (Å²) in [4.78, 5) is 32.1. The van der Waals surface area contributed by atoms with Gasteiger partial charge in [0.2, 0.25) is 0 Å². The molecule has 1 atom stereocenters. The highest BCUT2D eigenvalue weighted by molar-refractivity contribution is 5.73. The second-order valence-electron chi connectivity index (χ2n) is 8.54. The van der Waals surface area contributed by atoms with Crippen LogP contribution in [0.15, 0.2) is 71.9 Å². The van der Waals surface area contributed by atoms with Gasteiger partial charge in [0.15, 0.2) is 0 Å². The first-order valence-electron chi connectivity index (χ1n) is 11.4. The summed E-state index contributed by atoms with van der Waals surface area (Å²) in [6.45, 7) is 0. The van der Waals surface area contributed by atoms with Crippen LogP contribution in [0.25, 0.3) is 28.1 Å². The third-order valence-electron chi connectivity index (χ3n) is 6.29. The van der Waals surface area contributed by atoms with E-state index in [1.165, 1.54) is 29.2 Å². The van der Waals surface area contributed by atoms with Crippen LogP contribution in [0.3, 0.4) is 0 Å². The van der Waals surface area contributed by atoms with Crippen molar-refractivity contribution in [1.29, 1.82) is 0 Å². The highest BCUT2D eigenvalue weighted by atomic mass is 19.1. The number of ether oxygens (including phenoxy) is 1. The summed E-state index contributed by atoms with van der Waals surface area (Å²) >= 11 is 0. The molecule has 1 aliphatic rings. The van der Waals surface area contributed by atoms with Crippen molar-refractivity contribution >= 4 is 6.09 Å². The second-order valence-corrected chi connectivity index (χ2v) is 8.54. The minimum atomic E-state index is -0.880. The summed E-state index contributed by atoms with van der Waals surface area (Å²) in [5.41, 5.74) is 8.90. The van der Waals surface area contributed by atoms with Crippen molar-refractivity contribution in [1.82, 2.24) is 34.7 Å². The number of H-pyrrole nitrogens is 1. The van der Waals surface area contributed by atoms with Gasteiger partial charge in [-0.3, -0.25) is 4.79 Å². The largest absolute Gasteiger partial charge is 0.411 e. The maximum atomic E-state index is 14.2. The van der Waals surface area contributed by atoms with Crippen molar-refractivity contribution < 1.29 is 13.9 Å².